The molecule has 0 aromatic heterocycles. The molecule has 3 aromatic carbocycles. The van der Waals surface area contributed by atoms with Gasteiger partial charge in [0.15, 0.2) is 0 Å². The monoisotopic (exact) mass is 399 g/mol. The summed E-state index contributed by atoms with van der Waals surface area (Å²) in [4.78, 5) is 12.1. The summed E-state index contributed by atoms with van der Waals surface area (Å²) in [5.74, 6) is 6.22. The first kappa shape index (κ1) is 19.4. The minimum atomic E-state index is -0.523. The van der Waals surface area contributed by atoms with Crippen LogP contribution in [0.25, 0.3) is 11.1 Å². The maximum absolute atomic E-state index is 12.1. The molecule has 3 aromatic rings. The van der Waals surface area contributed by atoms with Crippen LogP contribution in [0.15, 0.2) is 66.7 Å². The van der Waals surface area contributed by atoms with Crippen molar-refractivity contribution in [2.45, 2.75) is 5.92 Å². The number of fused-ring (bicyclic) bond motifs is 3. The summed E-state index contributed by atoms with van der Waals surface area (Å²) in [5.41, 5.74) is 5.17. The van der Waals surface area contributed by atoms with Gasteiger partial charge in [-0.25, -0.2) is 4.79 Å². The van der Waals surface area contributed by atoms with E-state index in [1.54, 1.807) is 12.1 Å². The molecule has 30 heavy (non-hydrogen) atoms. The number of aromatic hydroxyl groups is 1. The first-order valence-electron chi connectivity index (χ1n) is 9.62. The van der Waals surface area contributed by atoms with Crippen molar-refractivity contribution in [2.75, 3.05) is 20.3 Å². The number of phenols is 1. The predicted molar refractivity (Wildman–Crippen MR) is 115 cm³/mol. The van der Waals surface area contributed by atoms with Crippen LogP contribution in [-0.2, 0) is 4.74 Å². The molecule has 5 heteroatoms. The Kier molecular flexibility index (Phi) is 5.58. The first-order chi connectivity index (χ1) is 14.7. The van der Waals surface area contributed by atoms with Gasteiger partial charge >= 0.3 is 6.09 Å². The van der Waals surface area contributed by atoms with Crippen molar-refractivity contribution < 1.29 is 19.4 Å². The highest BCUT2D eigenvalue weighted by molar-refractivity contribution is 5.79. The Morgan fingerprint density at radius 1 is 1.03 bits per heavy atom. The Balaban J connectivity index is 1.34. The zero-order valence-electron chi connectivity index (χ0n) is 16.5. The third-order valence-corrected chi connectivity index (χ3v) is 5.09. The first-order valence-corrected chi connectivity index (χ1v) is 9.62. The summed E-state index contributed by atoms with van der Waals surface area (Å²) in [6.07, 6.45) is -0.523. The molecule has 1 aliphatic rings. The summed E-state index contributed by atoms with van der Waals surface area (Å²) in [5, 5.41) is 12.5. The van der Waals surface area contributed by atoms with Crippen LogP contribution >= 0.6 is 0 Å². The van der Waals surface area contributed by atoms with Crippen molar-refractivity contribution >= 4 is 6.09 Å². The maximum atomic E-state index is 12.1. The van der Waals surface area contributed by atoms with Crippen LogP contribution in [0.5, 0.6) is 11.5 Å². The second-order valence-corrected chi connectivity index (χ2v) is 6.86. The molecular weight excluding hydrogens is 378 g/mol. The lowest BCUT2D eigenvalue weighted by Gasteiger charge is -2.14. The number of amides is 1. The normalized spacial score (nSPS) is 11.6. The minimum Gasteiger partial charge on any atom is -0.507 e. The van der Waals surface area contributed by atoms with Gasteiger partial charge in [0.2, 0.25) is 0 Å². The van der Waals surface area contributed by atoms with Crippen molar-refractivity contribution in [3.8, 4) is 34.5 Å². The molecule has 0 aliphatic heterocycles. The van der Waals surface area contributed by atoms with E-state index < -0.39 is 6.09 Å². The van der Waals surface area contributed by atoms with Gasteiger partial charge in [0.1, 0.15) is 18.1 Å². The number of ether oxygens (including phenoxy) is 2. The van der Waals surface area contributed by atoms with Crippen molar-refractivity contribution in [3.05, 3.63) is 83.4 Å². The van der Waals surface area contributed by atoms with E-state index in [-0.39, 0.29) is 24.8 Å². The number of carbonyl (C=O) groups excluding carboxylic acids is 1. The molecule has 0 saturated heterocycles. The van der Waals surface area contributed by atoms with E-state index in [9.17, 15) is 9.90 Å². The second kappa shape index (κ2) is 8.62. The van der Waals surface area contributed by atoms with Gasteiger partial charge < -0.3 is 19.9 Å². The number of carbonyl (C=O) groups is 1. The number of benzene rings is 3. The molecule has 5 nitrogen and oxygen atoms in total. The van der Waals surface area contributed by atoms with E-state index in [1.165, 1.54) is 35.4 Å². The number of rotatable bonds is 4. The minimum absolute atomic E-state index is 0.0190. The number of phenolic OH excluding ortho intramolecular Hbond substituents is 1. The Morgan fingerprint density at radius 2 is 1.70 bits per heavy atom. The molecule has 2 N–H and O–H groups in total. The lowest BCUT2D eigenvalue weighted by molar-refractivity contribution is 0.144. The summed E-state index contributed by atoms with van der Waals surface area (Å²) in [6, 6.07) is 21.2. The topological polar surface area (TPSA) is 67.8 Å². The van der Waals surface area contributed by atoms with Gasteiger partial charge in [0.05, 0.1) is 19.2 Å². The Morgan fingerprint density at radius 3 is 2.33 bits per heavy atom. The molecule has 0 radical (unpaired) electrons. The Bertz CT molecular complexity index is 1100. The van der Waals surface area contributed by atoms with E-state index in [1.807, 2.05) is 24.3 Å². The molecule has 4 rings (SSSR count). The van der Waals surface area contributed by atoms with Gasteiger partial charge in [-0.15, -0.1) is 0 Å². The van der Waals surface area contributed by atoms with E-state index >= 15 is 0 Å². The van der Waals surface area contributed by atoms with Gasteiger partial charge in [0.25, 0.3) is 0 Å². The molecule has 0 saturated carbocycles. The van der Waals surface area contributed by atoms with Gasteiger partial charge in [-0.05, 0) is 34.4 Å². The largest absolute Gasteiger partial charge is 0.507 e. The van der Waals surface area contributed by atoms with Crippen LogP contribution in [0.3, 0.4) is 0 Å². The molecule has 0 heterocycles. The highest BCUT2D eigenvalue weighted by atomic mass is 16.5. The number of hydrogen-bond acceptors (Lipinski definition) is 4. The quantitative estimate of drug-likeness (QED) is 0.642. The number of nitrogens with one attached hydrogen (secondary N) is 1. The summed E-state index contributed by atoms with van der Waals surface area (Å²) in [6.45, 7) is 0.370. The average molecular weight is 399 g/mol. The standard InChI is InChI=1S/C25H21NO4/c1-29-18-13-12-17(24(27)15-18)7-6-14-26-25(28)30-16-23-21-10-4-2-8-19(21)20-9-3-5-11-22(20)23/h2-5,8-13,15,23,27H,14,16H2,1H3,(H,26,28). The number of methoxy groups -OCH3 is 1. The highest BCUT2D eigenvalue weighted by Gasteiger charge is 2.28. The van der Waals surface area contributed by atoms with Crippen molar-refractivity contribution in [2.24, 2.45) is 0 Å². The lowest BCUT2D eigenvalue weighted by atomic mass is 9.98. The summed E-state index contributed by atoms with van der Waals surface area (Å²) in [7, 11) is 1.53. The molecule has 1 aliphatic carbocycles. The SMILES string of the molecule is COc1ccc(C#CCNC(=O)OCC2c3ccccc3-c3ccccc32)c(O)c1. The second-order valence-electron chi connectivity index (χ2n) is 6.86. The highest BCUT2D eigenvalue weighted by Crippen LogP contribution is 2.44. The fourth-order valence-corrected chi connectivity index (χ4v) is 3.65. The van der Waals surface area contributed by atoms with Crippen molar-refractivity contribution in [3.63, 3.8) is 0 Å². The van der Waals surface area contributed by atoms with Gasteiger partial charge in [-0.1, -0.05) is 60.4 Å². The van der Waals surface area contributed by atoms with Crippen LogP contribution in [0, 0.1) is 11.8 Å². The fourth-order valence-electron chi connectivity index (χ4n) is 3.65. The smallest absolute Gasteiger partial charge is 0.407 e. The van der Waals surface area contributed by atoms with E-state index in [2.05, 4.69) is 41.4 Å². The van der Waals surface area contributed by atoms with Gasteiger partial charge in [-0.2, -0.15) is 0 Å². The number of alkyl carbamates (subject to hydrolysis) is 1. The Labute approximate surface area is 175 Å². The van der Waals surface area contributed by atoms with Crippen LogP contribution < -0.4 is 10.1 Å². The molecule has 0 spiro atoms. The lowest BCUT2D eigenvalue weighted by Crippen LogP contribution is -2.26. The van der Waals surface area contributed by atoms with Gasteiger partial charge in [-0.3, -0.25) is 0 Å². The van der Waals surface area contributed by atoms with Crippen LogP contribution in [0.2, 0.25) is 0 Å². The summed E-state index contributed by atoms with van der Waals surface area (Å²) >= 11 is 0. The van der Waals surface area contributed by atoms with Crippen molar-refractivity contribution in [1.29, 1.82) is 0 Å². The third-order valence-electron chi connectivity index (χ3n) is 5.09. The fraction of sp³-hybridized carbons (Fsp3) is 0.160. The predicted octanol–water partition coefficient (Wildman–Crippen LogP) is 4.29. The zero-order valence-corrected chi connectivity index (χ0v) is 16.5. The van der Waals surface area contributed by atoms with E-state index in [0.29, 0.717) is 11.3 Å². The van der Waals surface area contributed by atoms with Crippen molar-refractivity contribution in [1.82, 2.24) is 5.32 Å². The molecule has 1 amide bonds. The molecule has 0 unspecified atom stereocenters. The van der Waals surface area contributed by atoms with Crippen LogP contribution in [0.4, 0.5) is 4.79 Å². The molecule has 0 fully saturated rings. The van der Waals surface area contributed by atoms with Gasteiger partial charge in [0, 0.05) is 12.0 Å². The molecule has 0 bridgehead atoms. The third kappa shape index (κ3) is 3.94. The maximum Gasteiger partial charge on any atom is 0.407 e. The molecule has 0 atom stereocenters. The Hall–Kier alpha value is -3.91. The van der Waals surface area contributed by atoms with Crippen LogP contribution in [0.1, 0.15) is 22.6 Å². The van der Waals surface area contributed by atoms with E-state index in [4.69, 9.17) is 9.47 Å². The molecular formula is C25H21NO4. The summed E-state index contributed by atoms with van der Waals surface area (Å²) < 4.78 is 10.5. The van der Waals surface area contributed by atoms with Crippen LogP contribution in [-0.4, -0.2) is 31.5 Å². The average Bonchev–Trinajstić information content (AvgIpc) is 3.10. The van der Waals surface area contributed by atoms with E-state index in [0.717, 1.165) is 0 Å². The molecule has 150 valence electrons. The zero-order chi connectivity index (χ0) is 20.9. The number of hydrogen-bond donors (Lipinski definition) is 2.